The number of methoxy groups -OCH3 is 1. The summed E-state index contributed by atoms with van der Waals surface area (Å²) in [6.45, 7) is 3.02. The molecule has 2 aromatic rings. The Kier molecular flexibility index (Phi) is 4.25. The first kappa shape index (κ1) is 16.1. The van der Waals surface area contributed by atoms with Gasteiger partial charge in [0.15, 0.2) is 6.10 Å². The maximum atomic E-state index is 13.1. The molecule has 1 atom stereocenters. The third-order valence-electron chi connectivity index (χ3n) is 3.07. The number of rotatable bonds is 3. The van der Waals surface area contributed by atoms with Gasteiger partial charge in [-0.25, -0.2) is 4.79 Å². The minimum atomic E-state index is -4.52. The fourth-order valence-electron chi connectivity index (χ4n) is 2.07. The van der Waals surface area contributed by atoms with E-state index in [1.807, 2.05) is 0 Å². The minimum Gasteiger partial charge on any atom is -0.478 e. The fraction of sp³-hybridized carbons (Fsp3) is 0.333. The summed E-state index contributed by atoms with van der Waals surface area (Å²) in [4.78, 5) is 15.4. The van der Waals surface area contributed by atoms with Crippen LogP contribution in [-0.2, 0) is 15.7 Å². The Labute approximate surface area is 124 Å². The van der Waals surface area contributed by atoms with E-state index in [1.165, 1.54) is 32.2 Å². The van der Waals surface area contributed by atoms with E-state index < -0.39 is 23.8 Å². The van der Waals surface area contributed by atoms with Crippen LogP contribution in [0.5, 0.6) is 5.75 Å². The second-order valence-electron chi connectivity index (χ2n) is 4.74. The molecule has 0 N–H and O–H groups in total. The van der Waals surface area contributed by atoms with Gasteiger partial charge in [0.05, 0.1) is 18.2 Å². The molecule has 1 unspecified atom stereocenters. The van der Waals surface area contributed by atoms with Crippen molar-refractivity contribution in [2.45, 2.75) is 26.1 Å². The number of pyridine rings is 1. The van der Waals surface area contributed by atoms with Crippen LogP contribution in [0.25, 0.3) is 10.9 Å². The largest absolute Gasteiger partial charge is 0.478 e. The Hall–Kier alpha value is -2.31. The smallest absolute Gasteiger partial charge is 0.418 e. The van der Waals surface area contributed by atoms with Crippen molar-refractivity contribution in [3.63, 3.8) is 0 Å². The number of carbonyl (C=O) groups excluding carboxylic acids is 1. The first-order valence-electron chi connectivity index (χ1n) is 6.46. The Morgan fingerprint density at radius 3 is 2.59 bits per heavy atom. The van der Waals surface area contributed by atoms with Crippen LogP contribution >= 0.6 is 0 Å². The van der Waals surface area contributed by atoms with E-state index in [4.69, 9.17) is 4.74 Å². The first-order chi connectivity index (χ1) is 10.2. The molecule has 1 aromatic carbocycles. The quantitative estimate of drug-likeness (QED) is 0.814. The summed E-state index contributed by atoms with van der Waals surface area (Å²) in [6.07, 6.45) is -5.46. The van der Waals surface area contributed by atoms with Gasteiger partial charge in [-0.05, 0) is 26.0 Å². The number of alkyl halides is 3. The summed E-state index contributed by atoms with van der Waals surface area (Å²) in [5.41, 5.74) is -0.692. The maximum Gasteiger partial charge on any atom is 0.418 e. The van der Waals surface area contributed by atoms with E-state index in [0.29, 0.717) is 5.69 Å². The lowest BCUT2D eigenvalue weighted by atomic mass is 10.1. The predicted octanol–water partition coefficient (Wildman–Crippen LogP) is 3.50. The molecule has 2 rings (SSSR count). The number of nitrogens with zero attached hydrogens (tertiary/aromatic N) is 1. The summed E-state index contributed by atoms with van der Waals surface area (Å²) < 4.78 is 49.2. The Morgan fingerprint density at radius 2 is 2.00 bits per heavy atom. The molecule has 0 bridgehead atoms. The number of ether oxygens (including phenoxy) is 2. The number of benzene rings is 1. The molecule has 0 radical (unpaired) electrons. The number of para-hydroxylation sites is 1. The van der Waals surface area contributed by atoms with E-state index in [9.17, 15) is 18.0 Å². The molecular weight excluding hydrogens is 299 g/mol. The molecule has 0 aliphatic rings. The fourth-order valence-corrected chi connectivity index (χ4v) is 2.07. The number of aryl methyl sites for hydroxylation is 1. The molecule has 0 aliphatic carbocycles. The third-order valence-corrected chi connectivity index (χ3v) is 3.07. The minimum absolute atomic E-state index is 0.159. The van der Waals surface area contributed by atoms with Crippen molar-refractivity contribution in [3.05, 3.63) is 35.5 Å². The lowest BCUT2D eigenvalue weighted by Gasteiger charge is -2.16. The molecule has 0 saturated carbocycles. The van der Waals surface area contributed by atoms with Gasteiger partial charge in [-0.1, -0.05) is 6.07 Å². The van der Waals surface area contributed by atoms with E-state index >= 15 is 0 Å². The van der Waals surface area contributed by atoms with Crippen LogP contribution in [0.2, 0.25) is 0 Å². The van der Waals surface area contributed by atoms with Crippen molar-refractivity contribution in [3.8, 4) is 5.75 Å². The second kappa shape index (κ2) is 5.82. The van der Waals surface area contributed by atoms with Gasteiger partial charge in [0.1, 0.15) is 5.75 Å². The summed E-state index contributed by atoms with van der Waals surface area (Å²) in [6, 6.07) is 5.19. The molecule has 1 aromatic heterocycles. The molecule has 22 heavy (non-hydrogen) atoms. The van der Waals surface area contributed by atoms with Gasteiger partial charge in [-0.2, -0.15) is 13.2 Å². The topological polar surface area (TPSA) is 48.4 Å². The zero-order valence-corrected chi connectivity index (χ0v) is 12.2. The number of hydrogen-bond donors (Lipinski definition) is 0. The number of fused-ring (bicyclic) bond motifs is 1. The lowest BCUT2D eigenvalue weighted by molar-refractivity contribution is -0.147. The van der Waals surface area contributed by atoms with Gasteiger partial charge >= 0.3 is 12.1 Å². The SMILES string of the molecule is COC(=O)C(C)Oc1cc(C)nc2c(C(F)(F)F)cccc12. The van der Waals surface area contributed by atoms with Crippen molar-refractivity contribution in [2.75, 3.05) is 7.11 Å². The highest BCUT2D eigenvalue weighted by molar-refractivity contribution is 5.88. The van der Waals surface area contributed by atoms with Gasteiger partial charge < -0.3 is 9.47 Å². The van der Waals surface area contributed by atoms with E-state index in [2.05, 4.69) is 9.72 Å². The molecule has 4 nitrogen and oxygen atoms in total. The molecule has 1 heterocycles. The molecule has 0 saturated heterocycles. The summed E-state index contributed by atoms with van der Waals surface area (Å²) in [5, 5.41) is 0.191. The molecule has 0 fully saturated rings. The van der Waals surface area contributed by atoms with Crippen LogP contribution in [-0.4, -0.2) is 24.2 Å². The van der Waals surface area contributed by atoms with Crippen molar-refractivity contribution in [1.29, 1.82) is 0 Å². The van der Waals surface area contributed by atoms with Gasteiger partial charge in [0.25, 0.3) is 0 Å². The van der Waals surface area contributed by atoms with E-state index in [1.54, 1.807) is 6.92 Å². The molecule has 0 aliphatic heterocycles. The van der Waals surface area contributed by atoms with E-state index in [-0.39, 0.29) is 16.7 Å². The van der Waals surface area contributed by atoms with E-state index in [0.717, 1.165) is 6.07 Å². The highest BCUT2D eigenvalue weighted by atomic mass is 19.4. The third kappa shape index (κ3) is 3.13. The molecule has 118 valence electrons. The maximum absolute atomic E-state index is 13.1. The predicted molar refractivity (Wildman–Crippen MR) is 73.6 cm³/mol. The second-order valence-corrected chi connectivity index (χ2v) is 4.74. The summed E-state index contributed by atoms with van der Waals surface area (Å²) in [5.74, 6) is -0.457. The number of aromatic nitrogens is 1. The van der Waals surface area contributed by atoms with Crippen molar-refractivity contribution < 1.29 is 27.4 Å². The Bertz CT molecular complexity index is 713. The lowest BCUT2D eigenvalue weighted by Crippen LogP contribution is -2.25. The highest BCUT2D eigenvalue weighted by Gasteiger charge is 2.33. The van der Waals surface area contributed by atoms with Crippen LogP contribution in [0.1, 0.15) is 18.2 Å². The molecule has 0 spiro atoms. The number of halogens is 3. The number of hydrogen-bond acceptors (Lipinski definition) is 4. The Morgan fingerprint density at radius 1 is 1.32 bits per heavy atom. The van der Waals surface area contributed by atoms with Gasteiger partial charge in [-0.15, -0.1) is 0 Å². The van der Waals surface area contributed by atoms with Crippen molar-refractivity contribution in [1.82, 2.24) is 4.98 Å². The average Bonchev–Trinajstić information content (AvgIpc) is 2.44. The summed E-state index contributed by atoms with van der Waals surface area (Å²) in [7, 11) is 1.21. The van der Waals surface area contributed by atoms with Crippen molar-refractivity contribution >= 4 is 16.9 Å². The first-order valence-corrected chi connectivity index (χ1v) is 6.46. The van der Waals surface area contributed by atoms with Crippen LogP contribution in [0.4, 0.5) is 13.2 Å². The van der Waals surface area contributed by atoms with Crippen LogP contribution in [0.15, 0.2) is 24.3 Å². The molecular formula is C15H14F3NO3. The van der Waals surface area contributed by atoms with Gasteiger partial charge in [-0.3, -0.25) is 4.98 Å². The zero-order valence-electron chi connectivity index (χ0n) is 12.2. The van der Waals surface area contributed by atoms with Crippen LogP contribution < -0.4 is 4.74 Å². The number of carbonyl (C=O) groups is 1. The van der Waals surface area contributed by atoms with Gasteiger partial charge in [0, 0.05) is 17.1 Å². The molecule has 0 amide bonds. The van der Waals surface area contributed by atoms with Crippen molar-refractivity contribution in [2.24, 2.45) is 0 Å². The van der Waals surface area contributed by atoms with Gasteiger partial charge in [0.2, 0.25) is 0 Å². The number of esters is 1. The standard InChI is InChI=1S/C15H14F3NO3/c1-8-7-12(22-9(2)14(20)21-3)10-5-4-6-11(13(10)19-8)15(16,17)18/h4-7,9H,1-3H3. The van der Waals surface area contributed by atoms with Crippen LogP contribution in [0.3, 0.4) is 0 Å². The molecule has 7 heteroatoms. The zero-order chi connectivity index (χ0) is 16.5. The summed E-state index contributed by atoms with van der Waals surface area (Å²) >= 11 is 0. The average molecular weight is 313 g/mol. The highest BCUT2D eigenvalue weighted by Crippen LogP contribution is 2.37. The van der Waals surface area contributed by atoms with Crippen LogP contribution in [0, 0.1) is 6.92 Å². The normalized spacial score (nSPS) is 13.0. The Balaban J connectivity index is 2.59. The monoisotopic (exact) mass is 313 g/mol.